The predicted octanol–water partition coefficient (Wildman–Crippen LogP) is 1.79. The van der Waals surface area contributed by atoms with Crippen molar-refractivity contribution in [3.8, 4) is 0 Å². The molecular weight excluding hydrogens is 202 g/mol. The van der Waals surface area contributed by atoms with Crippen LogP contribution in [0, 0.1) is 5.92 Å². The maximum Gasteiger partial charge on any atom is 0.233 e. The quantitative estimate of drug-likeness (QED) is 0.708. The van der Waals surface area contributed by atoms with Crippen LogP contribution in [0.25, 0.3) is 0 Å². The first kappa shape index (κ1) is 10.9. The van der Waals surface area contributed by atoms with Crippen LogP contribution in [0.4, 0.5) is 0 Å². The number of nitrogens with zero attached hydrogens (tertiary/aromatic N) is 1. The van der Waals surface area contributed by atoms with E-state index in [1.54, 1.807) is 7.05 Å². The van der Waals surface area contributed by atoms with E-state index in [1.807, 2.05) is 37.3 Å². The molecule has 1 aromatic rings. The standard InChI is InChI=1S/C13H15NO2/c1-9(10-6-4-3-5-7-10)11-8-12(15)14(2)13(11)16/h3-7,9,11H,8H2,1-2H3/t9-,11+/m1/s1. The number of rotatable bonds is 2. The summed E-state index contributed by atoms with van der Waals surface area (Å²) in [6, 6.07) is 9.86. The van der Waals surface area contributed by atoms with Gasteiger partial charge >= 0.3 is 0 Å². The lowest BCUT2D eigenvalue weighted by Gasteiger charge is -2.17. The number of likely N-dealkylation sites (tertiary alicyclic amines) is 1. The highest BCUT2D eigenvalue weighted by molar-refractivity contribution is 6.03. The molecule has 1 saturated heterocycles. The van der Waals surface area contributed by atoms with Crippen LogP contribution >= 0.6 is 0 Å². The fourth-order valence-corrected chi connectivity index (χ4v) is 2.16. The zero-order valence-corrected chi connectivity index (χ0v) is 9.51. The molecule has 1 heterocycles. The van der Waals surface area contributed by atoms with E-state index >= 15 is 0 Å². The van der Waals surface area contributed by atoms with Gasteiger partial charge in [-0.15, -0.1) is 0 Å². The van der Waals surface area contributed by atoms with Crippen LogP contribution in [0.15, 0.2) is 30.3 Å². The molecule has 2 rings (SSSR count). The normalized spacial score (nSPS) is 22.6. The van der Waals surface area contributed by atoms with Gasteiger partial charge in [0.2, 0.25) is 11.8 Å². The van der Waals surface area contributed by atoms with Gasteiger partial charge < -0.3 is 0 Å². The molecule has 0 aliphatic carbocycles. The zero-order chi connectivity index (χ0) is 11.7. The van der Waals surface area contributed by atoms with E-state index in [0.29, 0.717) is 6.42 Å². The molecule has 0 aromatic heterocycles. The van der Waals surface area contributed by atoms with Gasteiger partial charge in [0, 0.05) is 13.5 Å². The Labute approximate surface area is 95.1 Å². The summed E-state index contributed by atoms with van der Waals surface area (Å²) in [5.74, 6) is -0.221. The van der Waals surface area contributed by atoms with Crippen molar-refractivity contribution in [1.82, 2.24) is 4.90 Å². The van der Waals surface area contributed by atoms with E-state index in [9.17, 15) is 9.59 Å². The van der Waals surface area contributed by atoms with Gasteiger partial charge in [0.15, 0.2) is 0 Å². The van der Waals surface area contributed by atoms with Crippen LogP contribution in [-0.2, 0) is 9.59 Å². The Kier molecular flexibility index (Phi) is 2.77. The summed E-state index contributed by atoms with van der Waals surface area (Å²) in [6.45, 7) is 2.00. The van der Waals surface area contributed by atoms with Gasteiger partial charge in [0.1, 0.15) is 0 Å². The van der Waals surface area contributed by atoms with E-state index in [4.69, 9.17) is 0 Å². The van der Waals surface area contributed by atoms with Crippen molar-refractivity contribution in [2.24, 2.45) is 5.92 Å². The lowest BCUT2D eigenvalue weighted by atomic mass is 9.86. The van der Waals surface area contributed by atoms with E-state index < -0.39 is 0 Å². The number of amides is 2. The van der Waals surface area contributed by atoms with Gasteiger partial charge in [-0.05, 0) is 11.5 Å². The van der Waals surface area contributed by atoms with Crippen LogP contribution in [0.2, 0.25) is 0 Å². The minimum absolute atomic E-state index is 0.0543. The van der Waals surface area contributed by atoms with Crippen LogP contribution in [-0.4, -0.2) is 23.8 Å². The van der Waals surface area contributed by atoms with Crippen molar-refractivity contribution in [1.29, 1.82) is 0 Å². The van der Waals surface area contributed by atoms with E-state index in [1.165, 1.54) is 4.90 Å². The highest BCUT2D eigenvalue weighted by Gasteiger charge is 2.39. The van der Waals surface area contributed by atoms with Gasteiger partial charge in [-0.1, -0.05) is 37.3 Å². The van der Waals surface area contributed by atoms with Crippen molar-refractivity contribution in [2.75, 3.05) is 7.05 Å². The Morgan fingerprint density at radius 3 is 2.38 bits per heavy atom. The van der Waals surface area contributed by atoms with E-state index in [2.05, 4.69) is 0 Å². The van der Waals surface area contributed by atoms with Crippen LogP contribution < -0.4 is 0 Å². The number of hydrogen-bond acceptors (Lipinski definition) is 2. The van der Waals surface area contributed by atoms with Crippen molar-refractivity contribution >= 4 is 11.8 Å². The monoisotopic (exact) mass is 217 g/mol. The molecule has 0 spiro atoms. The third-order valence-electron chi connectivity index (χ3n) is 3.35. The van der Waals surface area contributed by atoms with Crippen molar-refractivity contribution in [3.05, 3.63) is 35.9 Å². The summed E-state index contributed by atoms with van der Waals surface area (Å²) in [7, 11) is 1.56. The van der Waals surface area contributed by atoms with Gasteiger partial charge in [0.05, 0.1) is 5.92 Å². The molecule has 0 unspecified atom stereocenters. The summed E-state index contributed by atoms with van der Waals surface area (Å²) < 4.78 is 0. The average molecular weight is 217 g/mol. The number of benzene rings is 1. The fourth-order valence-electron chi connectivity index (χ4n) is 2.16. The van der Waals surface area contributed by atoms with E-state index in [-0.39, 0.29) is 23.7 Å². The van der Waals surface area contributed by atoms with Gasteiger partial charge in [-0.25, -0.2) is 0 Å². The molecule has 84 valence electrons. The molecule has 0 radical (unpaired) electrons. The number of hydrogen-bond donors (Lipinski definition) is 0. The SMILES string of the molecule is C[C@H](c1ccccc1)[C@@H]1CC(=O)N(C)C1=O. The second-order valence-corrected chi connectivity index (χ2v) is 4.30. The Bertz CT molecular complexity index is 413. The first-order valence-corrected chi connectivity index (χ1v) is 5.46. The Balaban J connectivity index is 2.21. The molecule has 3 nitrogen and oxygen atoms in total. The van der Waals surface area contributed by atoms with Gasteiger partial charge in [-0.2, -0.15) is 0 Å². The second-order valence-electron chi connectivity index (χ2n) is 4.30. The lowest BCUT2D eigenvalue weighted by Crippen LogP contribution is -2.27. The maximum atomic E-state index is 11.8. The highest BCUT2D eigenvalue weighted by Crippen LogP contribution is 2.32. The third-order valence-corrected chi connectivity index (χ3v) is 3.35. The Morgan fingerprint density at radius 2 is 1.88 bits per heavy atom. The van der Waals surface area contributed by atoms with Crippen LogP contribution in [0.1, 0.15) is 24.8 Å². The minimum Gasteiger partial charge on any atom is -0.285 e. The zero-order valence-electron chi connectivity index (χ0n) is 9.51. The number of imide groups is 1. The second kappa shape index (κ2) is 4.08. The summed E-state index contributed by atoms with van der Waals surface area (Å²) in [5.41, 5.74) is 1.11. The van der Waals surface area contributed by atoms with Gasteiger partial charge in [-0.3, -0.25) is 14.5 Å². The third kappa shape index (κ3) is 1.73. The molecule has 0 N–H and O–H groups in total. The summed E-state index contributed by atoms with van der Waals surface area (Å²) in [5, 5.41) is 0. The highest BCUT2D eigenvalue weighted by atomic mass is 16.2. The topological polar surface area (TPSA) is 37.4 Å². The molecule has 3 heteroatoms. The summed E-state index contributed by atoms with van der Waals surface area (Å²) in [6.07, 6.45) is 0.339. The Hall–Kier alpha value is -1.64. The lowest BCUT2D eigenvalue weighted by molar-refractivity contribution is -0.137. The molecule has 1 fully saturated rings. The predicted molar refractivity (Wildman–Crippen MR) is 60.7 cm³/mol. The maximum absolute atomic E-state index is 11.8. The molecular formula is C13H15NO2. The fraction of sp³-hybridized carbons (Fsp3) is 0.385. The minimum atomic E-state index is -0.195. The van der Waals surface area contributed by atoms with Crippen molar-refractivity contribution in [2.45, 2.75) is 19.3 Å². The molecule has 2 amide bonds. The number of carbonyl (C=O) groups is 2. The van der Waals surface area contributed by atoms with Crippen molar-refractivity contribution < 1.29 is 9.59 Å². The molecule has 1 aliphatic heterocycles. The smallest absolute Gasteiger partial charge is 0.233 e. The molecule has 1 aromatic carbocycles. The first-order chi connectivity index (χ1) is 7.61. The first-order valence-electron chi connectivity index (χ1n) is 5.46. The van der Waals surface area contributed by atoms with Crippen molar-refractivity contribution in [3.63, 3.8) is 0 Å². The van der Waals surface area contributed by atoms with E-state index in [0.717, 1.165) is 5.56 Å². The molecule has 0 bridgehead atoms. The molecule has 1 aliphatic rings. The average Bonchev–Trinajstić information content (AvgIpc) is 2.57. The largest absolute Gasteiger partial charge is 0.285 e. The number of carbonyl (C=O) groups excluding carboxylic acids is 2. The summed E-state index contributed by atoms with van der Waals surface area (Å²) >= 11 is 0. The molecule has 0 saturated carbocycles. The Morgan fingerprint density at radius 1 is 1.25 bits per heavy atom. The van der Waals surface area contributed by atoms with Gasteiger partial charge in [0.25, 0.3) is 0 Å². The molecule has 16 heavy (non-hydrogen) atoms. The molecule has 2 atom stereocenters. The summed E-state index contributed by atoms with van der Waals surface area (Å²) in [4.78, 5) is 24.5. The van der Waals surface area contributed by atoms with Crippen LogP contribution in [0.5, 0.6) is 0 Å². The van der Waals surface area contributed by atoms with Crippen LogP contribution in [0.3, 0.4) is 0 Å².